The van der Waals surface area contributed by atoms with E-state index in [4.69, 9.17) is 16.4 Å². The highest BCUT2D eigenvalue weighted by atomic mass is 35.5. The maximum atomic E-state index is 12.4. The summed E-state index contributed by atoms with van der Waals surface area (Å²) in [6.45, 7) is 0. The van der Waals surface area contributed by atoms with E-state index in [2.05, 4.69) is 0 Å². The van der Waals surface area contributed by atoms with Crippen molar-refractivity contribution < 1.29 is 19.2 Å². The van der Waals surface area contributed by atoms with Crippen LogP contribution in [-0.2, 0) is 19.3 Å². The van der Waals surface area contributed by atoms with Crippen LogP contribution in [0.4, 0.5) is 0 Å². The number of halogens is 1. The van der Waals surface area contributed by atoms with Gasteiger partial charge in [0.15, 0.2) is 0 Å². The SMILES string of the molecule is O=C(ON1C(=O)CCC1=O)c1ccc(C(Cl)(c2ccccc2)c2ccccc2)cc1. The average Bonchev–Trinajstić information content (AvgIpc) is 3.12. The monoisotopic (exact) mass is 419 g/mol. The molecule has 30 heavy (non-hydrogen) atoms. The van der Waals surface area contributed by atoms with Crippen molar-refractivity contribution in [2.45, 2.75) is 17.7 Å². The van der Waals surface area contributed by atoms with Gasteiger partial charge >= 0.3 is 5.97 Å². The van der Waals surface area contributed by atoms with Gasteiger partial charge in [-0.15, -0.1) is 16.7 Å². The highest BCUT2D eigenvalue weighted by Crippen LogP contribution is 2.42. The molecule has 5 nitrogen and oxygen atoms in total. The maximum absolute atomic E-state index is 12.4. The lowest BCUT2D eigenvalue weighted by atomic mass is 9.84. The van der Waals surface area contributed by atoms with Gasteiger partial charge in [-0.25, -0.2) is 4.79 Å². The van der Waals surface area contributed by atoms with Crippen LogP contribution in [0.2, 0.25) is 0 Å². The number of benzene rings is 3. The third-order valence-electron chi connectivity index (χ3n) is 5.04. The molecule has 0 saturated carbocycles. The first kappa shape index (κ1) is 19.9. The minimum absolute atomic E-state index is 0.0496. The quantitative estimate of drug-likeness (QED) is 0.348. The molecule has 0 N–H and O–H groups in total. The second-order valence-electron chi connectivity index (χ2n) is 6.93. The zero-order valence-electron chi connectivity index (χ0n) is 16.0. The van der Waals surface area contributed by atoms with Gasteiger partial charge in [-0.3, -0.25) is 9.59 Å². The van der Waals surface area contributed by atoms with Crippen molar-refractivity contribution in [3.63, 3.8) is 0 Å². The molecule has 1 heterocycles. The number of amides is 2. The first-order valence-electron chi connectivity index (χ1n) is 9.49. The van der Waals surface area contributed by atoms with Crippen molar-refractivity contribution in [2.24, 2.45) is 0 Å². The number of carbonyl (C=O) groups excluding carboxylic acids is 3. The third kappa shape index (κ3) is 3.60. The molecule has 0 spiro atoms. The Hall–Kier alpha value is -3.44. The summed E-state index contributed by atoms with van der Waals surface area (Å²) in [5, 5.41) is 0.538. The van der Waals surface area contributed by atoms with Crippen LogP contribution in [0.3, 0.4) is 0 Å². The van der Waals surface area contributed by atoms with Crippen molar-refractivity contribution in [3.8, 4) is 0 Å². The molecule has 0 aromatic heterocycles. The molecule has 1 aliphatic heterocycles. The Kier molecular flexibility index (Phi) is 5.38. The van der Waals surface area contributed by atoms with Gasteiger partial charge in [0.05, 0.1) is 5.56 Å². The molecule has 3 aromatic rings. The summed E-state index contributed by atoms with van der Waals surface area (Å²) in [6, 6.07) is 26.0. The van der Waals surface area contributed by atoms with Crippen molar-refractivity contribution >= 4 is 29.4 Å². The summed E-state index contributed by atoms with van der Waals surface area (Å²) >= 11 is 7.21. The minimum Gasteiger partial charge on any atom is -0.325 e. The fourth-order valence-corrected chi connectivity index (χ4v) is 3.84. The topological polar surface area (TPSA) is 63.7 Å². The summed E-state index contributed by atoms with van der Waals surface area (Å²) in [5.74, 6) is -1.81. The van der Waals surface area contributed by atoms with E-state index >= 15 is 0 Å². The van der Waals surface area contributed by atoms with Crippen LogP contribution >= 0.6 is 11.6 Å². The standard InChI is InChI=1S/C24H18ClNO4/c25-24(18-7-3-1-4-8-18,19-9-5-2-6-10-19)20-13-11-17(12-14-20)23(29)30-26-21(27)15-16-22(26)28/h1-14H,15-16H2. The minimum atomic E-state index is -0.953. The molecule has 3 aromatic carbocycles. The molecule has 1 saturated heterocycles. The number of hydrogen-bond acceptors (Lipinski definition) is 4. The first-order chi connectivity index (χ1) is 14.5. The zero-order chi connectivity index (χ0) is 21.1. The summed E-state index contributed by atoms with van der Waals surface area (Å²) in [4.78, 5) is 39.7. The van der Waals surface area contributed by atoms with E-state index in [0.29, 0.717) is 5.06 Å². The van der Waals surface area contributed by atoms with Gasteiger partial charge < -0.3 is 4.84 Å². The number of hydroxylamine groups is 2. The molecule has 1 fully saturated rings. The molecule has 0 radical (unpaired) electrons. The van der Waals surface area contributed by atoms with E-state index in [1.165, 1.54) is 0 Å². The van der Waals surface area contributed by atoms with Gasteiger partial charge in [-0.2, -0.15) is 0 Å². The van der Waals surface area contributed by atoms with E-state index < -0.39 is 22.7 Å². The number of rotatable bonds is 5. The van der Waals surface area contributed by atoms with Gasteiger partial charge in [-0.1, -0.05) is 72.8 Å². The highest BCUT2D eigenvalue weighted by Gasteiger charge is 2.35. The average molecular weight is 420 g/mol. The van der Waals surface area contributed by atoms with E-state index in [1.54, 1.807) is 24.3 Å². The first-order valence-corrected chi connectivity index (χ1v) is 9.86. The number of imide groups is 1. The van der Waals surface area contributed by atoms with Gasteiger partial charge in [0, 0.05) is 12.8 Å². The van der Waals surface area contributed by atoms with Crippen LogP contribution in [0.5, 0.6) is 0 Å². The molecule has 0 atom stereocenters. The molecular formula is C24H18ClNO4. The Morgan fingerprint density at radius 2 is 1.17 bits per heavy atom. The lowest BCUT2D eigenvalue weighted by molar-refractivity contribution is -0.172. The Bertz CT molecular complexity index is 1030. The molecule has 6 heteroatoms. The van der Waals surface area contributed by atoms with Crippen LogP contribution in [0.15, 0.2) is 84.9 Å². The highest BCUT2D eigenvalue weighted by molar-refractivity contribution is 6.28. The van der Waals surface area contributed by atoms with E-state index in [1.807, 2.05) is 60.7 Å². The van der Waals surface area contributed by atoms with Gasteiger partial charge in [0.1, 0.15) is 4.87 Å². The van der Waals surface area contributed by atoms with E-state index in [-0.39, 0.29) is 18.4 Å². The maximum Gasteiger partial charge on any atom is 0.363 e. The molecule has 0 unspecified atom stereocenters. The lowest BCUT2D eigenvalue weighted by Crippen LogP contribution is -2.32. The molecule has 0 bridgehead atoms. The van der Waals surface area contributed by atoms with E-state index in [9.17, 15) is 14.4 Å². The van der Waals surface area contributed by atoms with Gasteiger partial charge in [-0.05, 0) is 28.8 Å². The van der Waals surface area contributed by atoms with Crippen molar-refractivity contribution in [3.05, 3.63) is 107 Å². The molecule has 4 rings (SSSR count). The number of alkyl halides is 1. The fraction of sp³-hybridized carbons (Fsp3) is 0.125. The summed E-state index contributed by atoms with van der Waals surface area (Å²) in [7, 11) is 0. The number of hydrogen-bond donors (Lipinski definition) is 0. The smallest absolute Gasteiger partial charge is 0.325 e. The zero-order valence-corrected chi connectivity index (χ0v) is 16.7. The summed E-state index contributed by atoms with van der Waals surface area (Å²) in [6.07, 6.45) is 0.0991. The fourth-order valence-electron chi connectivity index (χ4n) is 3.47. The Morgan fingerprint density at radius 3 is 1.63 bits per heavy atom. The van der Waals surface area contributed by atoms with Crippen molar-refractivity contribution in [1.29, 1.82) is 0 Å². The van der Waals surface area contributed by atoms with Crippen LogP contribution in [0.1, 0.15) is 39.9 Å². The van der Waals surface area contributed by atoms with Crippen molar-refractivity contribution in [2.75, 3.05) is 0 Å². The van der Waals surface area contributed by atoms with Crippen LogP contribution in [-0.4, -0.2) is 22.8 Å². The Labute approximate surface area is 178 Å². The second-order valence-corrected chi connectivity index (χ2v) is 7.50. The molecule has 0 aliphatic carbocycles. The number of nitrogens with zero attached hydrogens (tertiary/aromatic N) is 1. The van der Waals surface area contributed by atoms with Gasteiger partial charge in [0.25, 0.3) is 11.8 Å². The Morgan fingerprint density at radius 1 is 0.733 bits per heavy atom. The number of carbonyl (C=O) groups is 3. The largest absolute Gasteiger partial charge is 0.363 e. The van der Waals surface area contributed by atoms with Crippen LogP contribution in [0, 0.1) is 0 Å². The third-order valence-corrected chi connectivity index (χ3v) is 5.70. The molecular weight excluding hydrogens is 402 g/mol. The van der Waals surface area contributed by atoms with E-state index in [0.717, 1.165) is 16.7 Å². The molecule has 150 valence electrons. The Balaban J connectivity index is 1.66. The molecule has 2 amide bonds. The predicted octanol–water partition coefficient (Wildman–Crippen LogP) is 4.44. The second kappa shape index (κ2) is 8.13. The van der Waals surface area contributed by atoms with Crippen molar-refractivity contribution in [1.82, 2.24) is 5.06 Å². The lowest BCUT2D eigenvalue weighted by Gasteiger charge is -2.29. The van der Waals surface area contributed by atoms with Crippen LogP contribution < -0.4 is 0 Å². The summed E-state index contributed by atoms with van der Waals surface area (Å²) < 4.78 is 0. The predicted molar refractivity (Wildman–Crippen MR) is 112 cm³/mol. The van der Waals surface area contributed by atoms with Crippen LogP contribution in [0.25, 0.3) is 0 Å². The summed E-state index contributed by atoms with van der Waals surface area (Å²) in [5.41, 5.74) is 2.76. The molecule has 1 aliphatic rings. The van der Waals surface area contributed by atoms with Gasteiger partial charge in [0.2, 0.25) is 0 Å². The normalized spacial score (nSPS) is 14.1.